The zero-order valence-corrected chi connectivity index (χ0v) is 18.3. The molecule has 3 aromatic carbocycles. The summed E-state index contributed by atoms with van der Waals surface area (Å²) in [6, 6.07) is 20.0. The highest BCUT2D eigenvalue weighted by Gasteiger charge is 2.28. The Morgan fingerprint density at radius 1 is 1.07 bits per heavy atom. The molecule has 0 bridgehead atoms. The van der Waals surface area contributed by atoms with E-state index < -0.39 is 0 Å². The Hall–Kier alpha value is -2.40. The summed E-state index contributed by atoms with van der Waals surface area (Å²) in [5.74, 6) is 0.493. The van der Waals surface area contributed by atoms with Gasteiger partial charge < -0.3 is 14.9 Å². The Bertz CT molecular complexity index is 994. The lowest BCUT2D eigenvalue weighted by molar-refractivity contribution is 0.268. The zero-order valence-electron chi connectivity index (χ0n) is 16.7. The van der Waals surface area contributed by atoms with Crippen molar-refractivity contribution in [3.05, 3.63) is 87.9 Å². The van der Waals surface area contributed by atoms with Crippen LogP contribution in [0.25, 0.3) is 0 Å². The molecular formula is C24H25Cl2NO3. The summed E-state index contributed by atoms with van der Waals surface area (Å²) >= 11 is 6.44. The zero-order chi connectivity index (χ0) is 20.4. The Balaban J connectivity index is 0.00000256. The standard InChI is InChI=1S/C24H24ClNO3.ClH/c1-29-18-9-7-16(8-10-18)14-26-12-11-19-20(13-22(27)24(28)23(19)25)21(15-26)17-5-3-2-4-6-17;/h2-10,13,21,27-28H,11-12,14-15H2,1H3;1H. The Morgan fingerprint density at radius 2 is 1.77 bits per heavy atom. The summed E-state index contributed by atoms with van der Waals surface area (Å²) in [5.41, 5.74) is 4.26. The molecule has 0 fully saturated rings. The van der Waals surface area contributed by atoms with Gasteiger partial charge in [-0.05, 0) is 46.9 Å². The molecule has 0 radical (unpaired) electrons. The van der Waals surface area contributed by atoms with Gasteiger partial charge in [-0.15, -0.1) is 12.4 Å². The third-order valence-corrected chi connectivity index (χ3v) is 6.02. The maximum absolute atomic E-state index is 10.2. The van der Waals surface area contributed by atoms with Crippen LogP contribution in [0.15, 0.2) is 60.7 Å². The first-order valence-corrected chi connectivity index (χ1v) is 10.1. The van der Waals surface area contributed by atoms with E-state index in [1.807, 2.05) is 30.3 Å². The molecular weight excluding hydrogens is 421 g/mol. The smallest absolute Gasteiger partial charge is 0.176 e. The molecule has 0 saturated carbocycles. The number of rotatable bonds is 4. The van der Waals surface area contributed by atoms with Gasteiger partial charge in [0.1, 0.15) is 5.75 Å². The molecule has 1 aliphatic heterocycles. The van der Waals surface area contributed by atoms with Crippen LogP contribution in [0.4, 0.5) is 0 Å². The largest absolute Gasteiger partial charge is 0.504 e. The third kappa shape index (κ3) is 4.51. The first-order valence-electron chi connectivity index (χ1n) is 9.70. The number of halogens is 2. The van der Waals surface area contributed by atoms with E-state index in [0.29, 0.717) is 6.42 Å². The van der Waals surface area contributed by atoms with Crippen LogP contribution >= 0.6 is 24.0 Å². The molecule has 2 N–H and O–H groups in total. The average molecular weight is 446 g/mol. The van der Waals surface area contributed by atoms with E-state index in [9.17, 15) is 10.2 Å². The van der Waals surface area contributed by atoms with E-state index in [2.05, 4.69) is 29.2 Å². The quantitative estimate of drug-likeness (QED) is 0.529. The van der Waals surface area contributed by atoms with Crippen LogP contribution in [0.1, 0.15) is 28.2 Å². The number of benzene rings is 3. The van der Waals surface area contributed by atoms with Crippen molar-refractivity contribution < 1.29 is 14.9 Å². The molecule has 0 saturated heterocycles. The number of phenols is 2. The molecule has 1 unspecified atom stereocenters. The minimum Gasteiger partial charge on any atom is -0.504 e. The number of fused-ring (bicyclic) bond motifs is 1. The van der Waals surface area contributed by atoms with Crippen molar-refractivity contribution in [3.63, 3.8) is 0 Å². The Labute approximate surface area is 188 Å². The van der Waals surface area contributed by atoms with E-state index in [-0.39, 0.29) is 34.8 Å². The predicted octanol–water partition coefficient (Wildman–Crippen LogP) is 5.37. The summed E-state index contributed by atoms with van der Waals surface area (Å²) < 4.78 is 5.26. The van der Waals surface area contributed by atoms with Crippen molar-refractivity contribution in [2.45, 2.75) is 18.9 Å². The van der Waals surface area contributed by atoms with Crippen molar-refractivity contribution in [2.75, 3.05) is 20.2 Å². The number of nitrogens with zero attached hydrogens (tertiary/aromatic N) is 1. The SMILES string of the molecule is COc1ccc(CN2CCc3c(cc(O)c(O)c3Cl)C(c3ccccc3)C2)cc1.Cl. The van der Waals surface area contributed by atoms with Gasteiger partial charge in [-0.25, -0.2) is 0 Å². The van der Waals surface area contributed by atoms with Crippen LogP contribution < -0.4 is 4.74 Å². The van der Waals surface area contributed by atoms with Gasteiger partial charge >= 0.3 is 0 Å². The number of hydrogen-bond acceptors (Lipinski definition) is 4. The fourth-order valence-corrected chi connectivity index (χ4v) is 4.37. The molecule has 0 aliphatic carbocycles. The van der Waals surface area contributed by atoms with Crippen molar-refractivity contribution >= 4 is 24.0 Å². The highest BCUT2D eigenvalue weighted by molar-refractivity contribution is 6.33. The van der Waals surface area contributed by atoms with E-state index in [4.69, 9.17) is 16.3 Å². The Morgan fingerprint density at radius 3 is 2.43 bits per heavy atom. The summed E-state index contributed by atoms with van der Waals surface area (Å²) in [7, 11) is 1.67. The third-order valence-electron chi connectivity index (χ3n) is 5.62. The molecule has 1 aliphatic rings. The van der Waals surface area contributed by atoms with Crippen LogP contribution in [-0.2, 0) is 13.0 Å². The molecule has 1 atom stereocenters. The molecule has 6 heteroatoms. The van der Waals surface area contributed by atoms with Crippen molar-refractivity contribution in [1.29, 1.82) is 0 Å². The fourth-order valence-electron chi connectivity index (χ4n) is 4.07. The van der Waals surface area contributed by atoms with Gasteiger partial charge in [0.25, 0.3) is 0 Å². The lowest BCUT2D eigenvalue weighted by Gasteiger charge is -2.25. The molecule has 0 amide bonds. The number of aromatic hydroxyl groups is 2. The first-order chi connectivity index (χ1) is 14.1. The van der Waals surface area contributed by atoms with Crippen LogP contribution in [0, 0.1) is 0 Å². The highest BCUT2D eigenvalue weighted by atomic mass is 35.5. The van der Waals surface area contributed by atoms with Crippen molar-refractivity contribution in [1.82, 2.24) is 4.90 Å². The monoisotopic (exact) mass is 445 g/mol. The molecule has 30 heavy (non-hydrogen) atoms. The first kappa shape index (κ1) is 22.3. The van der Waals surface area contributed by atoms with Crippen LogP contribution in [0.5, 0.6) is 17.2 Å². The van der Waals surface area contributed by atoms with E-state index in [1.165, 1.54) is 5.56 Å². The van der Waals surface area contributed by atoms with Gasteiger partial charge in [-0.3, -0.25) is 4.90 Å². The average Bonchev–Trinajstić information content (AvgIpc) is 2.93. The summed E-state index contributed by atoms with van der Waals surface area (Å²) in [6.45, 7) is 2.41. The van der Waals surface area contributed by atoms with E-state index in [0.717, 1.165) is 42.1 Å². The molecule has 0 aromatic heterocycles. The number of hydrogen-bond donors (Lipinski definition) is 2. The van der Waals surface area contributed by atoms with Gasteiger partial charge in [0, 0.05) is 25.6 Å². The van der Waals surface area contributed by atoms with Gasteiger partial charge in [-0.1, -0.05) is 54.1 Å². The molecule has 4 rings (SSSR count). The minimum absolute atomic E-state index is 0. The Kier molecular flexibility index (Phi) is 7.14. The van der Waals surface area contributed by atoms with E-state index >= 15 is 0 Å². The number of phenolic OH excluding ortho intramolecular Hbond substituents is 2. The maximum atomic E-state index is 10.2. The summed E-state index contributed by atoms with van der Waals surface area (Å²) in [6.07, 6.45) is 0.710. The second-order valence-corrected chi connectivity index (χ2v) is 7.80. The second kappa shape index (κ2) is 9.61. The van der Waals surface area contributed by atoms with Crippen molar-refractivity contribution in [2.24, 2.45) is 0 Å². The normalized spacial score (nSPS) is 16.3. The van der Waals surface area contributed by atoms with Gasteiger partial charge in [0.2, 0.25) is 0 Å². The minimum atomic E-state index is -0.235. The van der Waals surface area contributed by atoms with Crippen LogP contribution in [0.3, 0.4) is 0 Å². The van der Waals surface area contributed by atoms with Gasteiger partial charge in [0.15, 0.2) is 11.5 Å². The molecule has 158 valence electrons. The molecule has 3 aromatic rings. The second-order valence-electron chi connectivity index (χ2n) is 7.42. The molecule has 4 nitrogen and oxygen atoms in total. The number of ether oxygens (including phenoxy) is 1. The lowest BCUT2D eigenvalue weighted by Crippen LogP contribution is -2.28. The fraction of sp³-hybridized carbons (Fsp3) is 0.250. The molecule has 0 spiro atoms. The van der Waals surface area contributed by atoms with Crippen LogP contribution in [-0.4, -0.2) is 35.3 Å². The highest BCUT2D eigenvalue weighted by Crippen LogP contribution is 2.43. The predicted molar refractivity (Wildman–Crippen MR) is 122 cm³/mol. The summed E-state index contributed by atoms with van der Waals surface area (Å²) in [5, 5.41) is 20.6. The van der Waals surface area contributed by atoms with E-state index in [1.54, 1.807) is 13.2 Å². The number of methoxy groups -OCH3 is 1. The lowest BCUT2D eigenvalue weighted by atomic mass is 9.87. The topological polar surface area (TPSA) is 52.9 Å². The van der Waals surface area contributed by atoms with Crippen molar-refractivity contribution in [3.8, 4) is 17.2 Å². The van der Waals surface area contributed by atoms with Gasteiger partial charge in [-0.2, -0.15) is 0 Å². The summed E-state index contributed by atoms with van der Waals surface area (Å²) in [4.78, 5) is 2.39. The maximum Gasteiger partial charge on any atom is 0.176 e. The molecule has 1 heterocycles. The van der Waals surface area contributed by atoms with Crippen LogP contribution in [0.2, 0.25) is 5.02 Å². The van der Waals surface area contributed by atoms with Gasteiger partial charge in [0.05, 0.1) is 12.1 Å².